The van der Waals surface area contributed by atoms with E-state index in [0.29, 0.717) is 12.1 Å². The van der Waals surface area contributed by atoms with Crippen LogP contribution in [0.1, 0.15) is 69.7 Å². The van der Waals surface area contributed by atoms with Gasteiger partial charge in [-0.25, -0.2) is 0 Å². The van der Waals surface area contributed by atoms with Gasteiger partial charge in [0.15, 0.2) is 0 Å². The van der Waals surface area contributed by atoms with Crippen LogP contribution in [-0.2, 0) is 4.79 Å². The summed E-state index contributed by atoms with van der Waals surface area (Å²) in [6, 6.07) is 5.83. The van der Waals surface area contributed by atoms with Crippen molar-refractivity contribution in [1.82, 2.24) is 4.90 Å². The maximum atomic E-state index is 13.2. The zero-order valence-corrected chi connectivity index (χ0v) is 17.0. The van der Waals surface area contributed by atoms with Crippen molar-refractivity contribution < 1.29 is 9.59 Å². The number of amides is 2. The third-order valence-corrected chi connectivity index (χ3v) is 5.29. The predicted octanol–water partition coefficient (Wildman–Crippen LogP) is 4.29. The molecule has 0 bridgehead atoms. The summed E-state index contributed by atoms with van der Waals surface area (Å²) in [7, 11) is 0. The normalized spacial score (nSPS) is 17.9. The largest absolute Gasteiger partial charge is 0.371 e. The quantitative estimate of drug-likeness (QED) is 0.859. The van der Waals surface area contributed by atoms with E-state index in [9.17, 15) is 9.59 Å². The summed E-state index contributed by atoms with van der Waals surface area (Å²) in [6.45, 7) is 9.81. The van der Waals surface area contributed by atoms with Crippen LogP contribution in [-0.4, -0.2) is 42.9 Å². The molecule has 0 unspecified atom stereocenters. The monoisotopic (exact) mass is 371 g/mol. The molecule has 27 heavy (non-hydrogen) atoms. The number of carbonyl (C=O) groups excluding carboxylic acids is 2. The standard InChI is InChI=1S/C22H33N3O2/c1-22(2,3)16-20(26)23-17-9-10-19(24-11-5-4-6-12-24)18(15-17)21(27)25-13-7-8-14-25/h9-10,15H,4-8,11-14,16H2,1-3H3,(H,23,26). The van der Waals surface area contributed by atoms with E-state index < -0.39 is 0 Å². The van der Waals surface area contributed by atoms with Crippen LogP contribution in [0.25, 0.3) is 0 Å². The summed E-state index contributed by atoms with van der Waals surface area (Å²) >= 11 is 0. The van der Waals surface area contributed by atoms with Crippen LogP contribution in [0.2, 0.25) is 0 Å². The van der Waals surface area contributed by atoms with Gasteiger partial charge in [0.25, 0.3) is 5.91 Å². The van der Waals surface area contributed by atoms with Gasteiger partial charge in [-0.15, -0.1) is 0 Å². The molecule has 2 fully saturated rings. The van der Waals surface area contributed by atoms with Crippen LogP contribution in [0.15, 0.2) is 18.2 Å². The van der Waals surface area contributed by atoms with E-state index in [2.05, 4.69) is 10.2 Å². The minimum atomic E-state index is -0.0635. The number of hydrogen-bond acceptors (Lipinski definition) is 3. The Morgan fingerprint density at radius 2 is 1.59 bits per heavy atom. The minimum absolute atomic E-state index is 0.00667. The Bertz CT molecular complexity index is 681. The summed E-state index contributed by atoms with van der Waals surface area (Å²) in [5.74, 6) is 0.0905. The second kappa shape index (κ2) is 8.32. The molecule has 148 valence electrons. The second-order valence-electron chi connectivity index (χ2n) is 9.06. The zero-order chi connectivity index (χ0) is 19.4. The highest BCUT2D eigenvalue weighted by molar-refractivity contribution is 6.02. The first kappa shape index (κ1) is 19.7. The van der Waals surface area contributed by atoms with E-state index in [0.717, 1.165) is 50.3 Å². The molecule has 0 aromatic heterocycles. The minimum Gasteiger partial charge on any atom is -0.371 e. The number of piperidine rings is 1. The molecule has 0 aliphatic carbocycles. The van der Waals surface area contributed by atoms with Crippen molar-refractivity contribution in [3.8, 4) is 0 Å². The first-order valence-electron chi connectivity index (χ1n) is 10.3. The number of carbonyl (C=O) groups is 2. The van der Waals surface area contributed by atoms with Crippen molar-refractivity contribution >= 4 is 23.2 Å². The number of anilines is 2. The van der Waals surface area contributed by atoms with Crippen LogP contribution in [0.4, 0.5) is 11.4 Å². The fraction of sp³-hybridized carbons (Fsp3) is 0.636. The molecular formula is C22H33N3O2. The van der Waals surface area contributed by atoms with Crippen molar-refractivity contribution in [2.24, 2.45) is 5.41 Å². The van der Waals surface area contributed by atoms with Gasteiger partial charge < -0.3 is 15.1 Å². The summed E-state index contributed by atoms with van der Waals surface area (Å²) in [6.07, 6.45) is 6.20. The molecule has 2 saturated heterocycles. The van der Waals surface area contributed by atoms with Gasteiger partial charge in [0.05, 0.1) is 5.56 Å². The van der Waals surface area contributed by atoms with Gasteiger partial charge in [0, 0.05) is 44.0 Å². The lowest BCUT2D eigenvalue weighted by Gasteiger charge is -2.31. The number of likely N-dealkylation sites (tertiary alicyclic amines) is 1. The van der Waals surface area contributed by atoms with E-state index in [4.69, 9.17) is 0 Å². The predicted molar refractivity (Wildman–Crippen MR) is 110 cm³/mol. The fourth-order valence-electron chi connectivity index (χ4n) is 3.97. The van der Waals surface area contributed by atoms with Gasteiger partial charge in [-0.05, 0) is 55.7 Å². The molecule has 3 rings (SSSR count). The van der Waals surface area contributed by atoms with Crippen LogP contribution < -0.4 is 10.2 Å². The first-order valence-corrected chi connectivity index (χ1v) is 10.3. The molecule has 5 heteroatoms. The summed E-state index contributed by atoms with van der Waals surface area (Å²) < 4.78 is 0. The highest BCUT2D eigenvalue weighted by Crippen LogP contribution is 2.30. The van der Waals surface area contributed by atoms with Gasteiger partial charge >= 0.3 is 0 Å². The maximum Gasteiger partial charge on any atom is 0.256 e. The lowest BCUT2D eigenvalue weighted by atomic mass is 9.92. The smallest absolute Gasteiger partial charge is 0.256 e. The molecule has 0 saturated carbocycles. The van der Waals surface area contributed by atoms with Gasteiger partial charge in [0.2, 0.25) is 5.91 Å². The van der Waals surface area contributed by atoms with Gasteiger partial charge in [-0.1, -0.05) is 20.8 Å². The SMILES string of the molecule is CC(C)(C)CC(=O)Nc1ccc(N2CCCCC2)c(C(=O)N2CCCC2)c1. The molecule has 1 N–H and O–H groups in total. The molecule has 2 amide bonds. The zero-order valence-electron chi connectivity index (χ0n) is 17.0. The fourth-order valence-corrected chi connectivity index (χ4v) is 3.97. The Balaban J connectivity index is 1.85. The van der Waals surface area contributed by atoms with Crippen LogP contribution in [0, 0.1) is 5.41 Å². The van der Waals surface area contributed by atoms with Crippen molar-refractivity contribution in [3.05, 3.63) is 23.8 Å². The van der Waals surface area contributed by atoms with Crippen LogP contribution in [0.3, 0.4) is 0 Å². The topological polar surface area (TPSA) is 52.7 Å². The number of benzene rings is 1. The lowest BCUT2D eigenvalue weighted by molar-refractivity contribution is -0.117. The molecule has 0 atom stereocenters. The molecule has 1 aromatic rings. The molecule has 5 nitrogen and oxygen atoms in total. The average molecular weight is 372 g/mol. The second-order valence-corrected chi connectivity index (χ2v) is 9.06. The van der Waals surface area contributed by atoms with E-state index >= 15 is 0 Å². The van der Waals surface area contributed by atoms with E-state index in [-0.39, 0.29) is 17.2 Å². The van der Waals surface area contributed by atoms with Gasteiger partial charge in [-0.2, -0.15) is 0 Å². The number of rotatable bonds is 4. The Kier molecular flexibility index (Phi) is 6.08. The van der Waals surface area contributed by atoms with Crippen molar-refractivity contribution in [2.75, 3.05) is 36.4 Å². The van der Waals surface area contributed by atoms with Crippen LogP contribution in [0.5, 0.6) is 0 Å². The van der Waals surface area contributed by atoms with Crippen molar-refractivity contribution in [1.29, 1.82) is 0 Å². The average Bonchev–Trinajstić information content (AvgIpc) is 3.15. The number of nitrogens with zero attached hydrogens (tertiary/aromatic N) is 2. The molecule has 0 spiro atoms. The third-order valence-electron chi connectivity index (χ3n) is 5.29. The summed E-state index contributed by atoms with van der Waals surface area (Å²) in [4.78, 5) is 29.8. The molecule has 0 radical (unpaired) electrons. The molecule has 2 aliphatic heterocycles. The lowest BCUT2D eigenvalue weighted by Crippen LogP contribution is -2.34. The summed E-state index contributed by atoms with van der Waals surface area (Å²) in [5, 5.41) is 2.99. The van der Waals surface area contributed by atoms with E-state index in [1.54, 1.807) is 0 Å². The Morgan fingerprint density at radius 1 is 0.963 bits per heavy atom. The number of nitrogens with one attached hydrogen (secondary N) is 1. The van der Waals surface area contributed by atoms with Crippen molar-refractivity contribution in [3.63, 3.8) is 0 Å². The van der Waals surface area contributed by atoms with E-state index in [1.165, 1.54) is 19.3 Å². The number of hydrogen-bond donors (Lipinski definition) is 1. The van der Waals surface area contributed by atoms with Crippen LogP contribution >= 0.6 is 0 Å². The first-order chi connectivity index (χ1) is 12.8. The Morgan fingerprint density at radius 3 is 2.22 bits per heavy atom. The molecule has 2 aliphatic rings. The maximum absolute atomic E-state index is 13.2. The Hall–Kier alpha value is -2.04. The molecule has 2 heterocycles. The molecule has 1 aromatic carbocycles. The van der Waals surface area contributed by atoms with E-state index in [1.807, 2.05) is 43.9 Å². The van der Waals surface area contributed by atoms with Gasteiger partial charge in [-0.3, -0.25) is 9.59 Å². The van der Waals surface area contributed by atoms with Gasteiger partial charge in [0.1, 0.15) is 0 Å². The highest BCUT2D eigenvalue weighted by Gasteiger charge is 2.25. The third kappa shape index (κ3) is 5.24. The summed E-state index contributed by atoms with van der Waals surface area (Å²) in [5.41, 5.74) is 2.40. The highest BCUT2D eigenvalue weighted by atomic mass is 16.2. The van der Waals surface area contributed by atoms with Crippen molar-refractivity contribution in [2.45, 2.75) is 59.3 Å². The molecular weight excluding hydrogens is 338 g/mol. The Labute approximate surface area is 163 Å².